The molecule has 6 rings (SSSR count). The maximum absolute atomic E-state index is 14.5. The van der Waals surface area contributed by atoms with E-state index in [4.69, 9.17) is 10.1 Å². The Kier molecular flexibility index (Phi) is 6.06. The molecule has 0 saturated heterocycles. The van der Waals surface area contributed by atoms with Crippen molar-refractivity contribution in [1.29, 1.82) is 0 Å². The van der Waals surface area contributed by atoms with E-state index in [1.165, 1.54) is 29.3 Å². The van der Waals surface area contributed by atoms with Gasteiger partial charge in [0.15, 0.2) is 5.82 Å². The molecule has 0 saturated carbocycles. The zero-order chi connectivity index (χ0) is 27.4. The van der Waals surface area contributed by atoms with Crippen molar-refractivity contribution in [3.8, 4) is 22.8 Å². The highest BCUT2D eigenvalue weighted by atomic mass is 19.1. The standard InChI is InChI=1S/C33H30F2N4/c1-19(2)26-7-6-8-27(20(3)4)32(26)39-33(36-21(5)37-39)22-9-15-30-28(17-22)29-18-24(35)12-16-31(29)38(30)25-13-10-23(34)11-14-25/h6-20H,1-5H3. The summed E-state index contributed by atoms with van der Waals surface area (Å²) >= 11 is 0. The van der Waals surface area contributed by atoms with Crippen LogP contribution in [0.5, 0.6) is 0 Å². The summed E-state index contributed by atoms with van der Waals surface area (Å²) in [7, 11) is 0. The molecule has 0 amide bonds. The van der Waals surface area contributed by atoms with Crippen LogP contribution in [0.25, 0.3) is 44.6 Å². The van der Waals surface area contributed by atoms with E-state index < -0.39 is 0 Å². The number of aryl methyl sites for hydroxylation is 1. The average Bonchev–Trinajstić information content (AvgIpc) is 3.45. The molecule has 4 nitrogen and oxygen atoms in total. The minimum atomic E-state index is -0.308. The van der Waals surface area contributed by atoms with Crippen molar-refractivity contribution in [3.05, 3.63) is 107 Å². The topological polar surface area (TPSA) is 35.6 Å². The van der Waals surface area contributed by atoms with Crippen LogP contribution in [0.2, 0.25) is 0 Å². The van der Waals surface area contributed by atoms with Gasteiger partial charge in [0.25, 0.3) is 0 Å². The minimum Gasteiger partial charge on any atom is -0.309 e. The molecule has 0 radical (unpaired) electrons. The molecule has 0 bridgehead atoms. The first-order valence-corrected chi connectivity index (χ1v) is 13.3. The fourth-order valence-electron chi connectivity index (χ4n) is 5.52. The van der Waals surface area contributed by atoms with Crippen LogP contribution >= 0.6 is 0 Å². The number of hydrogen-bond donors (Lipinski definition) is 0. The number of halogens is 2. The molecule has 0 N–H and O–H groups in total. The van der Waals surface area contributed by atoms with Gasteiger partial charge in [-0.3, -0.25) is 0 Å². The van der Waals surface area contributed by atoms with Gasteiger partial charge in [0, 0.05) is 22.0 Å². The van der Waals surface area contributed by atoms with Crippen LogP contribution in [0, 0.1) is 18.6 Å². The number of fused-ring (bicyclic) bond motifs is 3. The Balaban J connectivity index is 1.63. The van der Waals surface area contributed by atoms with Crippen molar-refractivity contribution in [1.82, 2.24) is 19.3 Å². The number of nitrogens with zero attached hydrogens (tertiary/aromatic N) is 4. The van der Waals surface area contributed by atoms with Gasteiger partial charge in [-0.2, -0.15) is 5.10 Å². The molecule has 6 aromatic rings. The Morgan fingerprint density at radius 1 is 0.692 bits per heavy atom. The van der Waals surface area contributed by atoms with Crippen molar-refractivity contribution < 1.29 is 8.78 Å². The van der Waals surface area contributed by atoms with Gasteiger partial charge in [0.2, 0.25) is 0 Å². The van der Waals surface area contributed by atoms with Crippen molar-refractivity contribution in [2.24, 2.45) is 0 Å². The number of benzene rings is 4. The second-order valence-electron chi connectivity index (χ2n) is 10.7. The molecule has 2 aromatic heterocycles. The molecule has 4 aromatic carbocycles. The summed E-state index contributed by atoms with van der Waals surface area (Å²) < 4.78 is 32.2. The van der Waals surface area contributed by atoms with Crippen molar-refractivity contribution in [2.45, 2.75) is 46.5 Å². The molecular weight excluding hydrogens is 490 g/mol. The van der Waals surface area contributed by atoms with Crippen LogP contribution in [-0.2, 0) is 0 Å². The molecule has 0 spiro atoms. The lowest BCUT2D eigenvalue weighted by Gasteiger charge is -2.20. The molecule has 0 aliphatic rings. The van der Waals surface area contributed by atoms with Gasteiger partial charge >= 0.3 is 0 Å². The normalized spacial score (nSPS) is 11.9. The van der Waals surface area contributed by atoms with Crippen molar-refractivity contribution in [2.75, 3.05) is 0 Å². The summed E-state index contributed by atoms with van der Waals surface area (Å²) in [5.74, 6) is 1.41. The number of aromatic nitrogens is 4. The summed E-state index contributed by atoms with van der Waals surface area (Å²) in [6, 6.07) is 23.7. The first-order chi connectivity index (χ1) is 18.7. The highest BCUT2D eigenvalue weighted by Crippen LogP contribution is 2.37. The third-order valence-corrected chi connectivity index (χ3v) is 7.34. The Morgan fingerprint density at radius 2 is 1.28 bits per heavy atom. The SMILES string of the molecule is Cc1nc(-c2ccc3c(c2)c2cc(F)ccc2n3-c2ccc(F)cc2)n(-c2c(C(C)C)cccc2C(C)C)n1. The monoisotopic (exact) mass is 520 g/mol. The molecule has 39 heavy (non-hydrogen) atoms. The third-order valence-electron chi connectivity index (χ3n) is 7.34. The van der Waals surface area contributed by atoms with E-state index in [2.05, 4.69) is 52.0 Å². The van der Waals surface area contributed by atoms with Crippen molar-refractivity contribution in [3.63, 3.8) is 0 Å². The van der Waals surface area contributed by atoms with Gasteiger partial charge < -0.3 is 4.57 Å². The second-order valence-corrected chi connectivity index (χ2v) is 10.7. The van der Waals surface area contributed by atoms with Gasteiger partial charge in [0.1, 0.15) is 17.5 Å². The molecule has 0 aliphatic heterocycles. The van der Waals surface area contributed by atoms with Gasteiger partial charge in [-0.15, -0.1) is 0 Å². The summed E-state index contributed by atoms with van der Waals surface area (Å²) in [6.07, 6.45) is 0. The summed E-state index contributed by atoms with van der Waals surface area (Å²) in [6.45, 7) is 10.7. The van der Waals surface area contributed by atoms with E-state index >= 15 is 0 Å². The van der Waals surface area contributed by atoms with Gasteiger partial charge in [-0.1, -0.05) is 45.9 Å². The highest BCUT2D eigenvalue weighted by molar-refractivity contribution is 6.10. The Morgan fingerprint density at radius 3 is 1.92 bits per heavy atom. The predicted octanol–water partition coefficient (Wildman–Crippen LogP) is 8.86. The number of para-hydroxylation sites is 1. The van der Waals surface area contributed by atoms with Gasteiger partial charge in [0.05, 0.1) is 16.7 Å². The van der Waals surface area contributed by atoms with Crippen LogP contribution < -0.4 is 0 Å². The predicted molar refractivity (Wildman–Crippen MR) is 154 cm³/mol. The fraction of sp³-hybridized carbons (Fsp3) is 0.212. The lowest BCUT2D eigenvalue weighted by atomic mass is 9.92. The largest absolute Gasteiger partial charge is 0.309 e. The van der Waals surface area contributed by atoms with Gasteiger partial charge in [-0.05, 0) is 90.6 Å². The lowest BCUT2D eigenvalue weighted by Crippen LogP contribution is -2.10. The average molecular weight is 521 g/mol. The Hall–Kier alpha value is -4.32. The van der Waals surface area contributed by atoms with E-state index in [-0.39, 0.29) is 11.6 Å². The molecule has 0 fully saturated rings. The Bertz CT molecular complexity index is 1820. The van der Waals surface area contributed by atoms with E-state index in [0.717, 1.165) is 44.6 Å². The molecule has 2 heterocycles. The van der Waals surface area contributed by atoms with Gasteiger partial charge in [-0.25, -0.2) is 18.4 Å². The van der Waals surface area contributed by atoms with Crippen LogP contribution in [0.3, 0.4) is 0 Å². The summed E-state index contributed by atoms with van der Waals surface area (Å²) in [5.41, 5.74) is 6.94. The molecule has 196 valence electrons. The van der Waals surface area contributed by atoms with Crippen LogP contribution in [0.15, 0.2) is 78.9 Å². The second kappa shape index (κ2) is 9.45. The number of rotatable bonds is 5. The highest BCUT2D eigenvalue weighted by Gasteiger charge is 2.22. The van der Waals surface area contributed by atoms with Crippen LogP contribution in [0.1, 0.15) is 56.5 Å². The van der Waals surface area contributed by atoms with E-state index in [1.54, 1.807) is 24.3 Å². The summed E-state index contributed by atoms with van der Waals surface area (Å²) in [5, 5.41) is 6.54. The molecular formula is C33H30F2N4. The van der Waals surface area contributed by atoms with Crippen molar-refractivity contribution >= 4 is 21.8 Å². The maximum atomic E-state index is 14.5. The van der Waals surface area contributed by atoms with E-state index in [1.807, 2.05) is 28.3 Å². The summed E-state index contributed by atoms with van der Waals surface area (Å²) in [4.78, 5) is 4.87. The maximum Gasteiger partial charge on any atom is 0.163 e. The zero-order valence-electron chi connectivity index (χ0n) is 22.7. The molecule has 0 aliphatic carbocycles. The zero-order valence-corrected chi connectivity index (χ0v) is 22.7. The molecule has 0 unspecified atom stereocenters. The lowest BCUT2D eigenvalue weighted by molar-refractivity contribution is 0.627. The first-order valence-electron chi connectivity index (χ1n) is 13.3. The first kappa shape index (κ1) is 25.0. The fourth-order valence-corrected chi connectivity index (χ4v) is 5.52. The molecule has 6 heteroatoms. The van der Waals surface area contributed by atoms with Crippen LogP contribution in [-0.4, -0.2) is 19.3 Å². The smallest absolute Gasteiger partial charge is 0.163 e. The Labute approximate surface area is 226 Å². The minimum absolute atomic E-state index is 0.301. The molecule has 0 atom stereocenters. The van der Waals surface area contributed by atoms with E-state index in [9.17, 15) is 8.78 Å². The van der Waals surface area contributed by atoms with E-state index in [0.29, 0.717) is 17.7 Å². The number of hydrogen-bond acceptors (Lipinski definition) is 2. The van der Waals surface area contributed by atoms with Crippen LogP contribution in [0.4, 0.5) is 8.78 Å². The quantitative estimate of drug-likeness (QED) is 0.228. The third kappa shape index (κ3) is 4.20.